The third-order valence-electron chi connectivity index (χ3n) is 7.10. The van der Waals surface area contributed by atoms with Crippen molar-refractivity contribution < 1.29 is 27.5 Å². The van der Waals surface area contributed by atoms with Crippen LogP contribution in [0.1, 0.15) is 34.5 Å². The Hall–Kier alpha value is -4.13. The summed E-state index contributed by atoms with van der Waals surface area (Å²) < 4.78 is 35.0. The van der Waals surface area contributed by atoms with Crippen molar-refractivity contribution in [1.29, 1.82) is 0 Å². The van der Waals surface area contributed by atoms with Crippen LogP contribution in [0, 0.1) is 6.92 Å². The number of sulfone groups is 1. The summed E-state index contributed by atoms with van der Waals surface area (Å²) in [5, 5.41) is 4.99. The molecule has 1 atom stereocenters. The molecule has 0 aliphatic carbocycles. The largest absolute Gasteiger partial charge is 0.457 e. The number of hydrogen-bond acceptors (Lipinski definition) is 9. The summed E-state index contributed by atoms with van der Waals surface area (Å²) in [6.45, 7) is 3.15. The highest BCUT2D eigenvalue weighted by Crippen LogP contribution is 2.31. The van der Waals surface area contributed by atoms with E-state index in [9.17, 15) is 18.0 Å². The molecule has 0 saturated carbocycles. The standard InChI is InChI=1S/C31H32N4O6S2/c1-20-6-4-12-32-29(20)21-14-22(16-26(15-21)41-25-8-10-27(11-9-25)43(3,38)39)30(37)34-31-33-23(19-42-31)17-28(36)35-13-5-7-24(35)18-40-2/h4,6,8-12,14-16,19,24H,5,7,13,17-18H2,1-3H3,(H,33,34,37). The van der Waals surface area contributed by atoms with Crippen LogP contribution in [0.15, 0.2) is 71.1 Å². The van der Waals surface area contributed by atoms with E-state index in [1.54, 1.807) is 49.0 Å². The number of carbonyl (C=O) groups is 2. The molecule has 10 nitrogen and oxygen atoms in total. The molecular weight excluding hydrogens is 588 g/mol. The number of aryl methyl sites for hydroxylation is 1. The summed E-state index contributed by atoms with van der Waals surface area (Å²) in [6, 6.07) is 15.0. The maximum Gasteiger partial charge on any atom is 0.257 e. The van der Waals surface area contributed by atoms with Gasteiger partial charge >= 0.3 is 0 Å². The van der Waals surface area contributed by atoms with Crippen molar-refractivity contribution in [2.75, 3.05) is 31.8 Å². The average molecular weight is 621 g/mol. The van der Waals surface area contributed by atoms with E-state index in [1.165, 1.54) is 23.5 Å². The van der Waals surface area contributed by atoms with Crippen LogP contribution in [0.2, 0.25) is 0 Å². The predicted octanol–water partition coefficient (Wildman–Crippen LogP) is 5.14. The van der Waals surface area contributed by atoms with Crippen molar-refractivity contribution in [2.45, 2.75) is 37.1 Å². The Morgan fingerprint density at radius 3 is 2.63 bits per heavy atom. The van der Waals surface area contributed by atoms with E-state index >= 15 is 0 Å². The van der Waals surface area contributed by atoms with Gasteiger partial charge in [-0.1, -0.05) is 6.07 Å². The zero-order chi connectivity index (χ0) is 30.6. The van der Waals surface area contributed by atoms with E-state index in [-0.39, 0.29) is 23.3 Å². The lowest BCUT2D eigenvalue weighted by Crippen LogP contribution is -2.39. The van der Waals surface area contributed by atoms with Crippen molar-refractivity contribution in [3.63, 3.8) is 0 Å². The van der Waals surface area contributed by atoms with Crippen LogP contribution in [0.5, 0.6) is 11.5 Å². The number of ether oxygens (including phenoxy) is 2. The SMILES string of the molecule is COCC1CCCN1C(=O)Cc1csc(NC(=O)c2cc(Oc3ccc(S(C)(=O)=O)cc3)cc(-c3ncccc3C)c2)n1. The van der Waals surface area contributed by atoms with Crippen LogP contribution in [0.4, 0.5) is 5.13 Å². The van der Waals surface area contributed by atoms with Crippen molar-refractivity contribution in [3.05, 3.63) is 83.0 Å². The predicted molar refractivity (Wildman–Crippen MR) is 164 cm³/mol. The summed E-state index contributed by atoms with van der Waals surface area (Å²) in [7, 11) is -1.71. The Bertz CT molecular complexity index is 1740. The molecule has 2 amide bonds. The van der Waals surface area contributed by atoms with E-state index in [0.29, 0.717) is 52.3 Å². The zero-order valence-electron chi connectivity index (χ0n) is 24.1. The molecule has 12 heteroatoms. The Kier molecular flexibility index (Phi) is 9.19. The van der Waals surface area contributed by atoms with Gasteiger partial charge in [0, 0.05) is 42.6 Å². The molecule has 5 rings (SSSR count). The third-order valence-corrected chi connectivity index (χ3v) is 9.04. The highest BCUT2D eigenvalue weighted by atomic mass is 32.2. The summed E-state index contributed by atoms with van der Waals surface area (Å²) in [6.07, 6.45) is 4.84. The molecule has 3 heterocycles. The summed E-state index contributed by atoms with van der Waals surface area (Å²) in [5.41, 5.74) is 3.20. The van der Waals surface area contributed by atoms with Crippen LogP contribution in [0.3, 0.4) is 0 Å². The van der Waals surface area contributed by atoms with E-state index < -0.39 is 15.7 Å². The molecule has 0 radical (unpaired) electrons. The summed E-state index contributed by atoms with van der Waals surface area (Å²) in [4.78, 5) is 37.3. The summed E-state index contributed by atoms with van der Waals surface area (Å²) >= 11 is 1.25. The Morgan fingerprint density at radius 1 is 1.12 bits per heavy atom. The lowest BCUT2D eigenvalue weighted by Gasteiger charge is -2.23. The second-order valence-electron chi connectivity index (χ2n) is 10.4. The Labute approximate surface area is 254 Å². The number of nitrogens with one attached hydrogen (secondary N) is 1. The fourth-order valence-corrected chi connectivity index (χ4v) is 6.34. The maximum atomic E-state index is 13.4. The van der Waals surface area contributed by atoms with Gasteiger partial charge in [0.2, 0.25) is 5.91 Å². The molecular formula is C31H32N4O6S2. The molecule has 0 bridgehead atoms. The number of anilines is 1. The first kappa shape index (κ1) is 30.3. The van der Waals surface area contributed by atoms with E-state index in [0.717, 1.165) is 24.7 Å². The quantitative estimate of drug-likeness (QED) is 0.258. The average Bonchev–Trinajstić information content (AvgIpc) is 3.62. The minimum absolute atomic E-state index is 0.00693. The number of nitrogens with zero attached hydrogens (tertiary/aromatic N) is 3. The second-order valence-corrected chi connectivity index (χ2v) is 13.2. The monoisotopic (exact) mass is 620 g/mol. The van der Waals surface area contributed by atoms with Gasteiger partial charge in [-0.3, -0.25) is 19.9 Å². The number of hydrogen-bond donors (Lipinski definition) is 1. The first-order chi connectivity index (χ1) is 20.6. The van der Waals surface area contributed by atoms with Gasteiger partial charge in [0.25, 0.3) is 5.91 Å². The molecule has 2 aromatic carbocycles. The van der Waals surface area contributed by atoms with E-state index in [4.69, 9.17) is 9.47 Å². The van der Waals surface area contributed by atoms with Gasteiger partial charge < -0.3 is 14.4 Å². The molecule has 224 valence electrons. The van der Waals surface area contributed by atoms with Gasteiger partial charge in [-0.05, 0) is 73.9 Å². The van der Waals surface area contributed by atoms with Crippen LogP contribution >= 0.6 is 11.3 Å². The zero-order valence-corrected chi connectivity index (χ0v) is 25.7. The lowest BCUT2D eigenvalue weighted by atomic mass is 10.0. The number of amides is 2. The van der Waals surface area contributed by atoms with Crippen molar-refractivity contribution >= 4 is 38.1 Å². The van der Waals surface area contributed by atoms with Crippen LogP contribution in [0.25, 0.3) is 11.3 Å². The number of thiazole rings is 1. The molecule has 4 aromatic rings. The minimum Gasteiger partial charge on any atom is -0.457 e. The molecule has 43 heavy (non-hydrogen) atoms. The summed E-state index contributed by atoms with van der Waals surface area (Å²) in [5.74, 6) is 0.377. The number of pyridine rings is 1. The van der Waals surface area contributed by atoms with Crippen molar-refractivity contribution in [2.24, 2.45) is 0 Å². The van der Waals surface area contributed by atoms with E-state index in [1.807, 2.05) is 24.0 Å². The fraction of sp³-hybridized carbons (Fsp3) is 0.290. The van der Waals surface area contributed by atoms with Crippen LogP contribution < -0.4 is 10.1 Å². The maximum absolute atomic E-state index is 13.4. The first-order valence-electron chi connectivity index (χ1n) is 13.7. The van der Waals surface area contributed by atoms with Gasteiger partial charge in [0.05, 0.1) is 35.4 Å². The van der Waals surface area contributed by atoms with E-state index in [2.05, 4.69) is 15.3 Å². The molecule has 1 saturated heterocycles. The molecule has 1 unspecified atom stereocenters. The molecule has 1 aliphatic heterocycles. The smallest absolute Gasteiger partial charge is 0.257 e. The normalized spacial score (nSPS) is 15.0. The number of carbonyl (C=O) groups excluding carboxylic acids is 2. The van der Waals surface area contributed by atoms with Gasteiger partial charge in [-0.15, -0.1) is 11.3 Å². The van der Waals surface area contributed by atoms with Crippen LogP contribution in [-0.2, 0) is 25.8 Å². The third kappa shape index (κ3) is 7.45. The number of rotatable bonds is 10. The molecule has 1 aliphatic rings. The van der Waals surface area contributed by atoms with Crippen LogP contribution in [-0.4, -0.2) is 67.7 Å². The number of aromatic nitrogens is 2. The number of benzene rings is 2. The Morgan fingerprint density at radius 2 is 1.91 bits per heavy atom. The van der Waals surface area contributed by atoms with Gasteiger partial charge in [-0.25, -0.2) is 13.4 Å². The minimum atomic E-state index is -3.35. The van der Waals surface area contributed by atoms with Crippen molar-refractivity contribution in [1.82, 2.24) is 14.9 Å². The molecule has 1 fully saturated rings. The number of methoxy groups -OCH3 is 1. The second kappa shape index (κ2) is 13.0. The molecule has 0 spiro atoms. The van der Waals surface area contributed by atoms with Gasteiger partial charge in [0.15, 0.2) is 15.0 Å². The fourth-order valence-electron chi connectivity index (χ4n) is 5.01. The topological polar surface area (TPSA) is 128 Å². The van der Waals surface area contributed by atoms with Gasteiger partial charge in [0.1, 0.15) is 11.5 Å². The first-order valence-corrected chi connectivity index (χ1v) is 16.5. The molecule has 1 N–H and O–H groups in total. The highest BCUT2D eigenvalue weighted by molar-refractivity contribution is 7.90. The Balaban J connectivity index is 1.36. The number of likely N-dealkylation sites (tertiary alicyclic amines) is 1. The highest BCUT2D eigenvalue weighted by Gasteiger charge is 2.29. The lowest BCUT2D eigenvalue weighted by molar-refractivity contribution is -0.132. The van der Waals surface area contributed by atoms with Gasteiger partial charge in [-0.2, -0.15) is 0 Å². The molecule has 2 aromatic heterocycles. The van der Waals surface area contributed by atoms with Crippen molar-refractivity contribution in [3.8, 4) is 22.8 Å².